The molecule has 4 aromatic rings. The Morgan fingerprint density at radius 1 is 1.11 bits per heavy atom. The van der Waals surface area contributed by atoms with Crippen LogP contribution in [0.2, 0.25) is 0 Å². The molecule has 0 unspecified atom stereocenters. The van der Waals surface area contributed by atoms with Gasteiger partial charge in [0.15, 0.2) is 11.5 Å². The third-order valence-corrected chi connectivity index (χ3v) is 4.08. The molecule has 0 fully saturated rings. The summed E-state index contributed by atoms with van der Waals surface area (Å²) in [6, 6.07) is 12.8. The van der Waals surface area contributed by atoms with Crippen molar-refractivity contribution in [3.05, 3.63) is 72.4 Å². The van der Waals surface area contributed by atoms with Gasteiger partial charge in [0, 0.05) is 0 Å². The van der Waals surface area contributed by atoms with E-state index in [9.17, 15) is 9.18 Å². The molecule has 0 atom stereocenters. The van der Waals surface area contributed by atoms with Crippen molar-refractivity contribution in [2.75, 3.05) is 12.5 Å². The van der Waals surface area contributed by atoms with Gasteiger partial charge in [-0.3, -0.25) is 15.6 Å². The summed E-state index contributed by atoms with van der Waals surface area (Å²) in [6.45, 7) is 0. The highest BCUT2D eigenvalue weighted by Gasteiger charge is 2.14. The summed E-state index contributed by atoms with van der Waals surface area (Å²) in [7, 11) is 1.50. The molecular weight excluding hydrogens is 363 g/mol. The summed E-state index contributed by atoms with van der Waals surface area (Å²) in [4.78, 5) is 20.8. The van der Waals surface area contributed by atoms with Gasteiger partial charge in [0.25, 0.3) is 5.91 Å². The van der Waals surface area contributed by atoms with Crippen molar-refractivity contribution in [2.45, 2.75) is 0 Å². The standard InChI is InChI=1S/C19H15FN6O2/c1-28-16-5-3-2-4-14(16)19(27)25-24-17-15-10-23-26(18(15)22-11-21-17)13-8-6-12(20)7-9-13/h2-11H,1H3,(H,25,27)(H,21,22,24). The molecule has 28 heavy (non-hydrogen) atoms. The predicted molar refractivity (Wildman–Crippen MR) is 101 cm³/mol. The fourth-order valence-corrected chi connectivity index (χ4v) is 2.73. The van der Waals surface area contributed by atoms with E-state index in [0.717, 1.165) is 0 Å². The van der Waals surface area contributed by atoms with Crippen molar-refractivity contribution in [1.29, 1.82) is 0 Å². The Bertz CT molecular complexity index is 1140. The molecule has 140 valence electrons. The molecular formula is C19H15FN6O2. The largest absolute Gasteiger partial charge is 0.496 e. The van der Waals surface area contributed by atoms with Crippen LogP contribution >= 0.6 is 0 Å². The number of carbonyl (C=O) groups excluding carboxylic acids is 1. The summed E-state index contributed by atoms with van der Waals surface area (Å²) >= 11 is 0. The molecule has 0 radical (unpaired) electrons. The molecule has 0 aliphatic heterocycles. The number of carbonyl (C=O) groups is 1. The second-order valence-corrected chi connectivity index (χ2v) is 5.77. The fraction of sp³-hybridized carbons (Fsp3) is 0.0526. The van der Waals surface area contributed by atoms with E-state index in [-0.39, 0.29) is 11.7 Å². The average molecular weight is 378 g/mol. The quantitative estimate of drug-likeness (QED) is 0.519. The molecule has 1 amide bonds. The first-order chi connectivity index (χ1) is 13.7. The number of ether oxygens (including phenoxy) is 1. The zero-order valence-electron chi connectivity index (χ0n) is 14.8. The number of aromatic nitrogens is 4. The highest BCUT2D eigenvalue weighted by molar-refractivity contribution is 5.98. The number of halogens is 1. The number of nitrogens with zero attached hydrogens (tertiary/aromatic N) is 4. The number of rotatable bonds is 5. The van der Waals surface area contributed by atoms with Crippen molar-refractivity contribution < 1.29 is 13.9 Å². The highest BCUT2D eigenvalue weighted by atomic mass is 19.1. The van der Waals surface area contributed by atoms with E-state index < -0.39 is 0 Å². The van der Waals surface area contributed by atoms with Crippen LogP contribution in [0.1, 0.15) is 10.4 Å². The number of anilines is 1. The molecule has 0 saturated carbocycles. The number of fused-ring (bicyclic) bond motifs is 1. The van der Waals surface area contributed by atoms with Crippen molar-refractivity contribution in [3.8, 4) is 11.4 Å². The molecule has 0 bridgehead atoms. The molecule has 2 heterocycles. The van der Waals surface area contributed by atoms with Crippen molar-refractivity contribution in [3.63, 3.8) is 0 Å². The topological polar surface area (TPSA) is 94.0 Å². The summed E-state index contributed by atoms with van der Waals surface area (Å²) in [5, 5.41) is 4.88. The molecule has 0 aliphatic rings. The Hall–Kier alpha value is -4.01. The van der Waals surface area contributed by atoms with Crippen LogP contribution in [0.15, 0.2) is 61.1 Å². The lowest BCUT2D eigenvalue weighted by Crippen LogP contribution is -2.30. The Morgan fingerprint density at radius 2 is 1.89 bits per heavy atom. The maximum atomic E-state index is 13.2. The maximum absolute atomic E-state index is 13.2. The van der Waals surface area contributed by atoms with Gasteiger partial charge >= 0.3 is 0 Å². The molecule has 2 N–H and O–H groups in total. The van der Waals surface area contributed by atoms with Crippen LogP contribution in [0.3, 0.4) is 0 Å². The summed E-state index contributed by atoms with van der Waals surface area (Å²) in [6.07, 6.45) is 2.91. The number of nitrogens with one attached hydrogen (secondary N) is 2. The lowest BCUT2D eigenvalue weighted by Gasteiger charge is -2.11. The lowest BCUT2D eigenvalue weighted by atomic mass is 10.2. The first-order valence-corrected chi connectivity index (χ1v) is 8.31. The summed E-state index contributed by atoms with van der Waals surface area (Å²) < 4.78 is 19.9. The third-order valence-electron chi connectivity index (χ3n) is 4.08. The minimum Gasteiger partial charge on any atom is -0.496 e. The molecule has 2 aromatic heterocycles. The zero-order valence-corrected chi connectivity index (χ0v) is 14.8. The van der Waals surface area contributed by atoms with E-state index in [0.29, 0.717) is 33.9 Å². The van der Waals surface area contributed by atoms with Gasteiger partial charge in [0.1, 0.15) is 17.9 Å². The van der Waals surface area contributed by atoms with Crippen molar-refractivity contribution in [1.82, 2.24) is 25.2 Å². The van der Waals surface area contributed by atoms with E-state index >= 15 is 0 Å². The van der Waals surface area contributed by atoms with Gasteiger partial charge in [0.2, 0.25) is 0 Å². The number of hydrogen-bond acceptors (Lipinski definition) is 6. The van der Waals surface area contributed by atoms with Crippen LogP contribution in [0.4, 0.5) is 10.2 Å². The lowest BCUT2D eigenvalue weighted by molar-refractivity contribution is 0.0959. The van der Waals surface area contributed by atoms with E-state index in [1.54, 1.807) is 47.3 Å². The molecule has 2 aromatic carbocycles. The van der Waals surface area contributed by atoms with Gasteiger partial charge < -0.3 is 4.74 Å². The number of hydrazine groups is 1. The van der Waals surface area contributed by atoms with E-state index in [2.05, 4.69) is 25.9 Å². The van der Waals surface area contributed by atoms with Gasteiger partial charge in [-0.25, -0.2) is 19.0 Å². The van der Waals surface area contributed by atoms with E-state index in [1.165, 1.54) is 25.6 Å². The Labute approximate surface area is 159 Å². The number of hydrogen-bond donors (Lipinski definition) is 2. The normalized spacial score (nSPS) is 10.6. The first-order valence-electron chi connectivity index (χ1n) is 8.31. The highest BCUT2D eigenvalue weighted by Crippen LogP contribution is 2.22. The number of benzene rings is 2. The van der Waals surface area contributed by atoms with E-state index in [1.807, 2.05) is 0 Å². The van der Waals surface area contributed by atoms with Gasteiger partial charge in [-0.1, -0.05) is 12.1 Å². The first kappa shape index (κ1) is 17.4. The summed E-state index contributed by atoms with van der Waals surface area (Å²) in [5.41, 5.74) is 6.93. The molecule has 0 spiro atoms. The van der Waals surface area contributed by atoms with Crippen molar-refractivity contribution in [2.24, 2.45) is 0 Å². The number of amides is 1. The number of methoxy groups -OCH3 is 1. The third kappa shape index (κ3) is 3.20. The SMILES string of the molecule is COc1ccccc1C(=O)NNc1ncnc2c1cnn2-c1ccc(F)cc1. The molecule has 4 rings (SSSR count). The molecule has 8 nitrogen and oxygen atoms in total. The minimum atomic E-state index is -0.380. The van der Waals surface area contributed by atoms with Crippen LogP contribution in [0.25, 0.3) is 16.7 Å². The van der Waals surface area contributed by atoms with Crippen LogP contribution in [0, 0.1) is 5.82 Å². The smallest absolute Gasteiger partial charge is 0.273 e. The molecule has 0 saturated heterocycles. The van der Waals surface area contributed by atoms with Crippen LogP contribution in [0.5, 0.6) is 5.75 Å². The van der Waals surface area contributed by atoms with Gasteiger partial charge in [0.05, 0.1) is 29.9 Å². The number of para-hydroxylation sites is 1. The monoisotopic (exact) mass is 378 g/mol. The Kier molecular flexibility index (Phi) is 4.55. The average Bonchev–Trinajstić information content (AvgIpc) is 3.17. The summed E-state index contributed by atoms with van der Waals surface area (Å²) in [5.74, 6) is 0.117. The zero-order chi connectivity index (χ0) is 19.5. The predicted octanol–water partition coefficient (Wildman–Crippen LogP) is 2.72. The van der Waals surface area contributed by atoms with E-state index in [4.69, 9.17) is 4.74 Å². The molecule has 0 aliphatic carbocycles. The second kappa shape index (κ2) is 7.31. The van der Waals surface area contributed by atoms with Gasteiger partial charge in [-0.15, -0.1) is 0 Å². The Morgan fingerprint density at radius 3 is 2.68 bits per heavy atom. The maximum Gasteiger partial charge on any atom is 0.273 e. The van der Waals surface area contributed by atoms with Gasteiger partial charge in [-0.05, 0) is 36.4 Å². The van der Waals surface area contributed by atoms with Crippen LogP contribution in [-0.2, 0) is 0 Å². The van der Waals surface area contributed by atoms with Crippen LogP contribution in [-0.4, -0.2) is 32.8 Å². The molecule has 9 heteroatoms. The van der Waals surface area contributed by atoms with Crippen molar-refractivity contribution >= 4 is 22.8 Å². The fourth-order valence-electron chi connectivity index (χ4n) is 2.73. The Balaban J connectivity index is 1.60. The van der Waals surface area contributed by atoms with Gasteiger partial charge in [-0.2, -0.15) is 5.10 Å². The second-order valence-electron chi connectivity index (χ2n) is 5.77. The van der Waals surface area contributed by atoms with Crippen LogP contribution < -0.4 is 15.6 Å². The minimum absolute atomic E-state index is 0.337.